The fourth-order valence-electron chi connectivity index (χ4n) is 2.69. The molecule has 0 saturated carbocycles. The van der Waals surface area contributed by atoms with Crippen molar-refractivity contribution in [1.82, 2.24) is 20.8 Å². The molecule has 1 aromatic carbocycles. The quantitative estimate of drug-likeness (QED) is 0.452. The van der Waals surface area contributed by atoms with Gasteiger partial charge in [0.1, 0.15) is 6.54 Å². The Balaban J connectivity index is 1.95. The van der Waals surface area contributed by atoms with Crippen molar-refractivity contribution in [3.05, 3.63) is 35.5 Å². The van der Waals surface area contributed by atoms with Gasteiger partial charge in [0.25, 0.3) is 0 Å². The van der Waals surface area contributed by atoms with Crippen molar-refractivity contribution in [1.29, 1.82) is 0 Å². The van der Waals surface area contributed by atoms with E-state index in [2.05, 4.69) is 31.8 Å². The molecule has 0 saturated heterocycles. The van der Waals surface area contributed by atoms with Gasteiger partial charge in [0.2, 0.25) is 5.89 Å². The Kier molecular flexibility index (Phi) is 8.95. The number of benzene rings is 1. The second-order valence-electron chi connectivity index (χ2n) is 7.78. The van der Waals surface area contributed by atoms with Crippen LogP contribution in [0.1, 0.15) is 58.8 Å². The minimum atomic E-state index is -0.171. The number of guanidine groups is 1. The van der Waals surface area contributed by atoms with Crippen molar-refractivity contribution in [3.63, 3.8) is 0 Å². The lowest BCUT2D eigenvalue weighted by molar-refractivity contribution is 0.287. The van der Waals surface area contributed by atoms with Crippen molar-refractivity contribution < 1.29 is 14.0 Å². The van der Waals surface area contributed by atoms with Crippen LogP contribution in [0.15, 0.2) is 27.7 Å². The van der Waals surface area contributed by atoms with Crippen LogP contribution in [0.3, 0.4) is 0 Å². The molecule has 2 aromatic rings. The molecule has 8 heteroatoms. The van der Waals surface area contributed by atoms with Gasteiger partial charge >= 0.3 is 0 Å². The van der Waals surface area contributed by atoms with E-state index in [9.17, 15) is 0 Å². The molecule has 0 atom stereocenters. The summed E-state index contributed by atoms with van der Waals surface area (Å²) in [4.78, 5) is 8.99. The van der Waals surface area contributed by atoms with Gasteiger partial charge < -0.3 is 24.6 Å². The largest absolute Gasteiger partial charge is 0.490 e. The van der Waals surface area contributed by atoms with Gasteiger partial charge in [-0.2, -0.15) is 4.98 Å². The third-order valence-electron chi connectivity index (χ3n) is 4.15. The number of hydrogen-bond acceptors (Lipinski definition) is 6. The standard InChI is InChI=1S/C22H35N5O3/c1-7-23-21(25-15-19-26-20(30-27-19)22(4,5)6)24-13-12-16-10-11-17(28-8-2)18(14-16)29-9-3/h10-11,14H,7-9,12-13,15H2,1-6H3,(H2,23,24,25). The lowest BCUT2D eigenvalue weighted by Gasteiger charge is -2.14. The minimum absolute atomic E-state index is 0.171. The Morgan fingerprint density at radius 1 is 1.07 bits per heavy atom. The van der Waals surface area contributed by atoms with Gasteiger partial charge in [-0.15, -0.1) is 0 Å². The molecule has 0 bridgehead atoms. The molecule has 0 aliphatic rings. The molecule has 2 rings (SSSR count). The highest BCUT2D eigenvalue weighted by Gasteiger charge is 2.21. The highest BCUT2D eigenvalue weighted by atomic mass is 16.5. The predicted molar refractivity (Wildman–Crippen MR) is 118 cm³/mol. The van der Waals surface area contributed by atoms with Crippen molar-refractivity contribution in [2.45, 2.75) is 59.9 Å². The Hall–Kier alpha value is -2.77. The molecule has 1 aromatic heterocycles. The summed E-state index contributed by atoms with van der Waals surface area (Å²) in [6.07, 6.45) is 0.827. The zero-order valence-electron chi connectivity index (χ0n) is 19.0. The first-order valence-corrected chi connectivity index (χ1v) is 10.6. The average molecular weight is 418 g/mol. The Labute approximate surface area is 179 Å². The van der Waals surface area contributed by atoms with E-state index in [1.165, 1.54) is 5.56 Å². The fraction of sp³-hybridized carbons (Fsp3) is 0.591. The van der Waals surface area contributed by atoms with Crippen LogP contribution in [-0.4, -0.2) is 42.4 Å². The van der Waals surface area contributed by atoms with Crippen LogP contribution in [0.5, 0.6) is 11.5 Å². The first-order valence-electron chi connectivity index (χ1n) is 10.6. The highest BCUT2D eigenvalue weighted by Crippen LogP contribution is 2.28. The Morgan fingerprint density at radius 2 is 1.80 bits per heavy atom. The van der Waals surface area contributed by atoms with E-state index in [1.54, 1.807) is 0 Å². The zero-order valence-corrected chi connectivity index (χ0v) is 19.0. The topological polar surface area (TPSA) is 93.8 Å². The van der Waals surface area contributed by atoms with Crippen LogP contribution in [0, 0.1) is 0 Å². The molecule has 1 heterocycles. The van der Waals surface area contributed by atoms with Gasteiger partial charge in [-0.3, -0.25) is 0 Å². The third kappa shape index (κ3) is 7.24. The van der Waals surface area contributed by atoms with Crippen LogP contribution in [-0.2, 0) is 18.4 Å². The van der Waals surface area contributed by atoms with E-state index >= 15 is 0 Å². The van der Waals surface area contributed by atoms with Gasteiger partial charge in [0.05, 0.1) is 13.2 Å². The van der Waals surface area contributed by atoms with Crippen LogP contribution in [0.4, 0.5) is 0 Å². The number of nitrogens with zero attached hydrogens (tertiary/aromatic N) is 3. The van der Waals surface area contributed by atoms with Gasteiger partial charge in [-0.25, -0.2) is 4.99 Å². The first kappa shape index (κ1) is 23.5. The van der Waals surface area contributed by atoms with Crippen molar-refractivity contribution in [2.75, 3.05) is 26.3 Å². The number of aliphatic imine (C=N–C) groups is 1. The molecule has 2 N–H and O–H groups in total. The fourth-order valence-corrected chi connectivity index (χ4v) is 2.69. The summed E-state index contributed by atoms with van der Waals surface area (Å²) >= 11 is 0. The van der Waals surface area contributed by atoms with Gasteiger partial charge in [-0.05, 0) is 44.9 Å². The summed E-state index contributed by atoms with van der Waals surface area (Å²) in [5.41, 5.74) is 0.994. The molecule has 0 spiro atoms. The molecule has 0 fully saturated rings. The number of nitrogens with one attached hydrogen (secondary N) is 2. The minimum Gasteiger partial charge on any atom is -0.490 e. The molecular formula is C22H35N5O3. The monoisotopic (exact) mass is 417 g/mol. The van der Waals surface area contributed by atoms with E-state index in [0.717, 1.165) is 37.0 Å². The van der Waals surface area contributed by atoms with Gasteiger partial charge in [0.15, 0.2) is 23.3 Å². The summed E-state index contributed by atoms with van der Waals surface area (Å²) in [5, 5.41) is 10.6. The van der Waals surface area contributed by atoms with E-state index in [4.69, 9.17) is 14.0 Å². The molecule has 0 aliphatic carbocycles. The van der Waals surface area contributed by atoms with Crippen LogP contribution >= 0.6 is 0 Å². The first-order chi connectivity index (χ1) is 14.4. The lowest BCUT2D eigenvalue weighted by Crippen LogP contribution is -2.38. The third-order valence-corrected chi connectivity index (χ3v) is 4.15. The number of aromatic nitrogens is 2. The maximum Gasteiger partial charge on any atom is 0.232 e. The highest BCUT2D eigenvalue weighted by molar-refractivity contribution is 5.79. The summed E-state index contributed by atoms with van der Waals surface area (Å²) in [6.45, 7) is 15.1. The Bertz CT molecular complexity index is 811. The second kappa shape index (κ2) is 11.4. The summed E-state index contributed by atoms with van der Waals surface area (Å²) in [7, 11) is 0. The van der Waals surface area contributed by atoms with Crippen LogP contribution in [0.25, 0.3) is 0 Å². The van der Waals surface area contributed by atoms with Crippen molar-refractivity contribution in [2.24, 2.45) is 4.99 Å². The molecule has 166 valence electrons. The normalized spacial score (nSPS) is 12.0. The second-order valence-corrected chi connectivity index (χ2v) is 7.78. The molecule has 0 unspecified atom stereocenters. The van der Waals surface area contributed by atoms with E-state index in [0.29, 0.717) is 31.5 Å². The number of hydrogen-bond donors (Lipinski definition) is 2. The maximum atomic E-state index is 5.71. The number of rotatable bonds is 10. The molecule has 30 heavy (non-hydrogen) atoms. The van der Waals surface area contributed by atoms with E-state index in [1.807, 2.05) is 53.7 Å². The predicted octanol–water partition coefficient (Wildman–Crippen LogP) is 3.46. The summed E-state index contributed by atoms with van der Waals surface area (Å²) in [5.74, 6) is 3.47. The van der Waals surface area contributed by atoms with E-state index < -0.39 is 0 Å². The average Bonchev–Trinajstić information content (AvgIpc) is 3.18. The van der Waals surface area contributed by atoms with Crippen molar-refractivity contribution in [3.8, 4) is 11.5 Å². The van der Waals surface area contributed by atoms with Crippen LogP contribution < -0.4 is 20.1 Å². The van der Waals surface area contributed by atoms with E-state index in [-0.39, 0.29) is 5.41 Å². The van der Waals surface area contributed by atoms with Crippen LogP contribution in [0.2, 0.25) is 0 Å². The molecule has 0 amide bonds. The Morgan fingerprint density at radius 3 is 2.43 bits per heavy atom. The number of ether oxygens (including phenoxy) is 2. The smallest absolute Gasteiger partial charge is 0.232 e. The van der Waals surface area contributed by atoms with Crippen molar-refractivity contribution >= 4 is 5.96 Å². The molecular weight excluding hydrogens is 382 g/mol. The molecule has 0 aliphatic heterocycles. The lowest BCUT2D eigenvalue weighted by atomic mass is 9.97. The summed E-state index contributed by atoms with van der Waals surface area (Å²) in [6, 6.07) is 6.06. The molecule has 0 radical (unpaired) electrons. The van der Waals surface area contributed by atoms with Gasteiger partial charge in [-0.1, -0.05) is 32.0 Å². The van der Waals surface area contributed by atoms with Gasteiger partial charge in [0, 0.05) is 18.5 Å². The summed E-state index contributed by atoms with van der Waals surface area (Å²) < 4.78 is 16.7. The zero-order chi connectivity index (χ0) is 22.0. The maximum absolute atomic E-state index is 5.71. The molecule has 8 nitrogen and oxygen atoms in total. The SMILES string of the molecule is CCNC(=NCc1noc(C(C)(C)C)n1)NCCc1ccc(OCC)c(OCC)c1.